The van der Waals surface area contributed by atoms with Crippen LogP contribution in [0.25, 0.3) is 0 Å². The number of hydrogen-bond donors (Lipinski definition) is 1. The van der Waals surface area contributed by atoms with Gasteiger partial charge in [-0.05, 0) is 20.8 Å². The molecule has 0 spiro atoms. The van der Waals surface area contributed by atoms with E-state index in [9.17, 15) is 9.59 Å². The molecule has 0 aromatic rings. The largest absolute Gasteiger partial charge is 0.444 e. The van der Waals surface area contributed by atoms with Gasteiger partial charge in [0.15, 0.2) is 5.72 Å². The van der Waals surface area contributed by atoms with Gasteiger partial charge in [-0.15, -0.1) is 6.58 Å². The van der Waals surface area contributed by atoms with Crippen molar-refractivity contribution in [3.8, 4) is 0 Å². The van der Waals surface area contributed by atoms with Crippen LogP contribution < -0.4 is 5.32 Å². The van der Waals surface area contributed by atoms with Crippen molar-refractivity contribution in [1.29, 1.82) is 0 Å². The molecule has 0 saturated heterocycles. The molecule has 5 heteroatoms. The van der Waals surface area contributed by atoms with Crippen molar-refractivity contribution in [2.24, 2.45) is 5.92 Å². The van der Waals surface area contributed by atoms with E-state index in [1.54, 1.807) is 26.8 Å². The number of amides is 1. The van der Waals surface area contributed by atoms with Crippen molar-refractivity contribution < 1.29 is 19.1 Å². The minimum Gasteiger partial charge on any atom is -0.444 e. The van der Waals surface area contributed by atoms with Gasteiger partial charge < -0.3 is 9.47 Å². The van der Waals surface area contributed by atoms with Gasteiger partial charge in [0, 0.05) is 12.3 Å². The molecular weight excluding hydrogens is 210 g/mol. The fourth-order valence-electron chi connectivity index (χ4n) is 1.41. The quantitative estimate of drug-likeness (QED) is 0.450. The van der Waals surface area contributed by atoms with Gasteiger partial charge in [-0.25, -0.2) is 4.79 Å². The topological polar surface area (TPSA) is 64.6 Å². The summed E-state index contributed by atoms with van der Waals surface area (Å²) in [7, 11) is 0. The first-order valence-electron chi connectivity index (χ1n) is 5.08. The Morgan fingerprint density at radius 3 is 2.56 bits per heavy atom. The minimum absolute atomic E-state index is 0.0507. The van der Waals surface area contributed by atoms with Gasteiger partial charge in [-0.3, -0.25) is 10.1 Å². The van der Waals surface area contributed by atoms with Gasteiger partial charge in [0.2, 0.25) is 0 Å². The molecule has 1 aliphatic rings. The average Bonchev–Trinajstić information content (AvgIpc) is 2.75. The molecule has 1 fully saturated rings. The Bertz CT molecular complexity index is 308. The van der Waals surface area contributed by atoms with Crippen molar-refractivity contribution in [2.75, 3.05) is 0 Å². The maximum absolute atomic E-state index is 11.5. The fourth-order valence-corrected chi connectivity index (χ4v) is 1.41. The highest BCUT2D eigenvalue weighted by molar-refractivity contribution is 5.69. The SMILES string of the molecule is C=C[C@@H]1C[C@@]1(NC(=O)OC(C)(C)C)OC=O. The second kappa shape index (κ2) is 4.15. The second-order valence-corrected chi connectivity index (χ2v) is 4.78. The number of nitrogens with one attached hydrogen (secondary N) is 1. The third-order valence-electron chi connectivity index (χ3n) is 2.22. The molecule has 0 heterocycles. The number of alkyl carbamates (subject to hydrolysis) is 1. The smallest absolute Gasteiger partial charge is 0.410 e. The zero-order chi connectivity index (χ0) is 12.4. The minimum atomic E-state index is -0.953. The van der Waals surface area contributed by atoms with Crippen molar-refractivity contribution in [3.05, 3.63) is 12.7 Å². The van der Waals surface area contributed by atoms with Gasteiger partial charge in [-0.2, -0.15) is 0 Å². The van der Waals surface area contributed by atoms with Crippen molar-refractivity contribution >= 4 is 12.6 Å². The van der Waals surface area contributed by atoms with Crippen molar-refractivity contribution in [3.63, 3.8) is 0 Å². The summed E-state index contributed by atoms with van der Waals surface area (Å²) < 4.78 is 9.94. The molecule has 90 valence electrons. The molecule has 5 nitrogen and oxygen atoms in total. The summed E-state index contributed by atoms with van der Waals surface area (Å²) in [5.74, 6) is -0.0507. The van der Waals surface area contributed by atoms with Crippen LogP contribution in [0.4, 0.5) is 4.79 Å². The van der Waals surface area contributed by atoms with E-state index in [1.165, 1.54) is 0 Å². The predicted octanol–water partition coefficient (Wildman–Crippen LogP) is 1.59. The Morgan fingerprint density at radius 2 is 2.19 bits per heavy atom. The molecule has 0 aliphatic heterocycles. The van der Waals surface area contributed by atoms with E-state index in [4.69, 9.17) is 9.47 Å². The molecule has 1 N–H and O–H groups in total. The summed E-state index contributed by atoms with van der Waals surface area (Å²) >= 11 is 0. The average molecular weight is 227 g/mol. The number of hydrogen-bond acceptors (Lipinski definition) is 4. The lowest BCUT2D eigenvalue weighted by Gasteiger charge is -2.23. The van der Waals surface area contributed by atoms with E-state index in [-0.39, 0.29) is 5.92 Å². The van der Waals surface area contributed by atoms with Crippen LogP contribution in [0.2, 0.25) is 0 Å². The van der Waals surface area contributed by atoms with Crippen LogP contribution in [0, 0.1) is 5.92 Å². The highest BCUT2D eigenvalue weighted by atomic mass is 16.6. The highest BCUT2D eigenvalue weighted by Gasteiger charge is 2.57. The zero-order valence-corrected chi connectivity index (χ0v) is 9.78. The zero-order valence-electron chi connectivity index (χ0n) is 9.78. The molecule has 1 aliphatic carbocycles. The first kappa shape index (κ1) is 12.5. The maximum Gasteiger partial charge on any atom is 0.410 e. The van der Waals surface area contributed by atoms with Gasteiger partial charge >= 0.3 is 6.09 Å². The summed E-state index contributed by atoms with van der Waals surface area (Å²) in [6.45, 7) is 9.20. The Balaban J connectivity index is 2.55. The lowest BCUT2D eigenvalue weighted by molar-refractivity contribution is -0.137. The molecule has 2 atom stereocenters. The molecule has 16 heavy (non-hydrogen) atoms. The predicted molar refractivity (Wildman–Crippen MR) is 57.6 cm³/mol. The highest BCUT2D eigenvalue weighted by Crippen LogP contribution is 2.44. The van der Waals surface area contributed by atoms with E-state index in [0.29, 0.717) is 12.9 Å². The van der Waals surface area contributed by atoms with Crippen molar-refractivity contribution in [2.45, 2.75) is 38.5 Å². The molecule has 0 radical (unpaired) electrons. The molecule has 1 saturated carbocycles. The maximum atomic E-state index is 11.5. The van der Waals surface area contributed by atoms with Gasteiger partial charge in [-0.1, -0.05) is 6.08 Å². The van der Waals surface area contributed by atoms with Crippen LogP contribution >= 0.6 is 0 Å². The van der Waals surface area contributed by atoms with Gasteiger partial charge in [0.05, 0.1) is 0 Å². The molecular formula is C11H17NO4. The van der Waals surface area contributed by atoms with Crippen LogP contribution in [-0.4, -0.2) is 23.9 Å². The normalized spacial score (nSPS) is 27.8. The van der Waals surface area contributed by atoms with Crippen molar-refractivity contribution in [1.82, 2.24) is 5.32 Å². The Kier molecular flexibility index (Phi) is 3.26. The third kappa shape index (κ3) is 2.98. The number of carbonyl (C=O) groups is 2. The lowest BCUT2D eigenvalue weighted by Crippen LogP contribution is -2.43. The molecule has 0 aromatic carbocycles. The molecule has 0 unspecified atom stereocenters. The number of rotatable bonds is 4. The number of ether oxygens (including phenoxy) is 2. The Hall–Kier alpha value is -1.52. The first-order chi connectivity index (χ1) is 7.33. The van der Waals surface area contributed by atoms with E-state index < -0.39 is 17.4 Å². The molecule has 1 rings (SSSR count). The third-order valence-corrected chi connectivity index (χ3v) is 2.22. The van der Waals surface area contributed by atoms with Crippen LogP contribution in [0.15, 0.2) is 12.7 Å². The molecule has 1 amide bonds. The Morgan fingerprint density at radius 1 is 1.56 bits per heavy atom. The van der Waals surface area contributed by atoms with Crippen LogP contribution in [-0.2, 0) is 14.3 Å². The summed E-state index contributed by atoms with van der Waals surface area (Å²) in [5, 5.41) is 2.54. The standard InChI is InChI=1S/C11H17NO4/c1-5-8-6-11(8,15-7-13)12-9(14)16-10(2,3)4/h5,7-8H,1,6H2,2-4H3,(H,12,14)/t8-,11-/m1/s1. The van der Waals surface area contributed by atoms with Crippen LogP contribution in [0.3, 0.4) is 0 Å². The first-order valence-corrected chi connectivity index (χ1v) is 5.08. The number of carbonyl (C=O) groups excluding carboxylic acids is 2. The van der Waals surface area contributed by atoms with E-state index in [2.05, 4.69) is 11.9 Å². The fraction of sp³-hybridized carbons (Fsp3) is 0.636. The summed E-state index contributed by atoms with van der Waals surface area (Å²) in [5.41, 5.74) is -1.53. The monoisotopic (exact) mass is 227 g/mol. The van der Waals surface area contributed by atoms with Crippen LogP contribution in [0.5, 0.6) is 0 Å². The van der Waals surface area contributed by atoms with E-state index in [0.717, 1.165) is 0 Å². The van der Waals surface area contributed by atoms with Gasteiger partial charge in [0.25, 0.3) is 6.47 Å². The molecule has 0 aromatic heterocycles. The van der Waals surface area contributed by atoms with E-state index >= 15 is 0 Å². The van der Waals surface area contributed by atoms with Crippen LogP contribution in [0.1, 0.15) is 27.2 Å². The summed E-state index contributed by atoms with van der Waals surface area (Å²) in [4.78, 5) is 21.8. The van der Waals surface area contributed by atoms with Gasteiger partial charge in [0.1, 0.15) is 5.60 Å². The summed E-state index contributed by atoms with van der Waals surface area (Å²) in [6, 6.07) is 0. The van der Waals surface area contributed by atoms with E-state index in [1.807, 2.05) is 0 Å². The Labute approximate surface area is 94.8 Å². The molecule has 0 bridgehead atoms. The lowest BCUT2D eigenvalue weighted by atomic mass is 10.2. The second-order valence-electron chi connectivity index (χ2n) is 4.78. The summed E-state index contributed by atoms with van der Waals surface area (Å²) in [6.07, 6.45) is 1.58.